The highest BCUT2D eigenvalue weighted by molar-refractivity contribution is 6.30. The first-order valence-corrected chi connectivity index (χ1v) is 6.46. The van der Waals surface area contributed by atoms with E-state index in [2.05, 4.69) is 20.0 Å². The van der Waals surface area contributed by atoms with Crippen molar-refractivity contribution in [3.05, 3.63) is 52.9 Å². The van der Waals surface area contributed by atoms with Crippen LogP contribution >= 0.6 is 11.6 Å². The van der Waals surface area contributed by atoms with Gasteiger partial charge in [0.15, 0.2) is 0 Å². The number of hydrogen-bond acceptors (Lipinski definition) is 5. The molecule has 0 radical (unpaired) electrons. The van der Waals surface area contributed by atoms with Gasteiger partial charge in [-0.1, -0.05) is 23.7 Å². The number of aromatic nitrogens is 2. The first kappa shape index (κ1) is 14.3. The van der Waals surface area contributed by atoms with E-state index in [9.17, 15) is 4.79 Å². The number of benzene rings is 1. The third-order valence-corrected chi connectivity index (χ3v) is 2.91. The van der Waals surface area contributed by atoms with Gasteiger partial charge in [-0.2, -0.15) is 0 Å². The van der Waals surface area contributed by atoms with Gasteiger partial charge in [0.1, 0.15) is 5.82 Å². The fourth-order valence-electron chi connectivity index (χ4n) is 1.63. The zero-order chi connectivity index (χ0) is 14.4. The second kappa shape index (κ2) is 6.86. The van der Waals surface area contributed by atoms with Crippen LogP contribution in [0.15, 0.2) is 36.5 Å². The van der Waals surface area contributed by atoms with Gasteiger partial charge in [-0.3, -0.25) is 0 Å². The highest BCUT2D eigenvalue weighted by Crippen LogP contribution is 2.10. The lowest BCUT2D eigenvalue weighted by molar-refractivity contribution is 0.0587. The molecular formula is C14H14ClN3O2. The van der Waals surface area contributed by atoms with Gasteiger partial charge in [0.25, 0.3) is 0 Å². The molecule has 0 spiro atoms. The smallest absolute Gasteiger partial charge is 0.376 e. The maximum atomic E-state index is 11.3. The molecule has 104 valence electrons. The predicted molar refractivity (Wildman–Crippen MR) is 77.0 cm³/mol. The van der Waals surface area contributed by atoms with Crippen molar-refractivity contribution >= 4 is 23.4 Å². The number of carbonyl (C=O) groups is 1. The zero-order valence-electron chi connectivity index (χ0n) is 11.0. The fourth-order valence-corrected chi connectivity index (χ4v) is 1.76. The van der Waals surface area contributed by atoms with E-state index in [4.69, 9.17) is 11.6 Å². The number of carbonyl (C=O) groups excluding carboxylic acids is 1. The maximum Gasteiger partial charge on any atom is 0.376 e. The Morgan fingerprint density at radius 2 is 2.05 bits per heavy atom. The molecule has 2 rings (SSSR count). The van der Waals surface area contributed by atoms with Crippen LogP contribution in [0.25, 0.3) is 0 Å². The lowest BCUT2D eigenvalue weighted by Gasteiger charge is -2.06. The third kappa shape index (κ3) is 3.93. The summed E-state index contributed by atoms with van der Waals surface area (Å²) >= 11 is 5.83. The minimum Gasteiger partial charge on any atom is -0.463 e. The molecule has 1 aromatic heterocycles. The van der Waals surface area contributed by atoms with Gasteiger partial charge in [-0.05, 0) is 30.2 Å². The lowest BCUT2D eigenvalue weighted by atomic mass is 10.1. The number of ether oxygens (including phenoxy) is 1. The fraction of sp³-hybridized carbons (Fsp3) is 0.214. The molecule has 20 heavy (non-hydrogen) atoms. The number of esters is 1. The molecule has 0 fully saturated rings. The van der Waals surface area contributed by atoms with Gasteiger partial charge in [-0.15, -0.1) is 0 Å². The Balaban J connectivity index is 1.91. The molecule has 1 aromatic carbocycles. The van der Waals surface area contributed by atoms with E-state index < -0.39 is 5.97 Å². The van der Waals surface area contributed by atoms with Crippen molar-refractivity contribution < 1.29 is 9.53 Å². The zero-order valence-corrected chi connectivity index (χ0v) is 11.7. The number of nitrogens with one attached hydrogen (secondary N) is 1. The van der Waals surface area contributed by atoms with Crippen LogP contribution in [0, 0.1) is 0 Å². The first-order chi connectivity index (χ1) is 9.69. The largest absolute Gasteiger partial charge is 0.463 e. The van der Waals surface area contributed by atoms with E-state index in [0.717, 1.165) is 11.4 Å². The van der Waals surface area contributed by atoms with Crippen molar-refractivity contribution in [1.82, 2.24) is 9.97 Å². The molecule has 0 atom stereocenters. The Labute approximate surface area is 122 Å². The van der Waals surface area contributed by atoms with Crippen molar-refractivity contribution in [2.45, 2.75) is 6.42 Å². The Morgan fingerprint density at radius 1 is 1.30 bits per heavy atom. The predicted octanol–water partition coefficient (Wildman–Crippen LogP) is 2.57. The summed E-state index contributed by atoms with van der Waals surface area (Å²) in [6.45, 7) is 0.694. The molecule has 1 heterocycles. The van der Waals surface area contributed by atoms with E-state index in [1.165, 1.54) is 18.9 Å². The summed E-state index contributed by atoms with van der Waals surface area (Å²) in [5.41, 5.74) is 1.17. The summed E-state index contributed by atoms with van der Waals surface area (Å²) in [7, 11) is 1.30. The van der Waals surface area contributed by atoms with E-state index in [1.54, 1.807) is 6.07 Å². The number of nitrogens with zero attached hydrogens (tertiary/aromatic N) is 2. The maximum absolute atomic E-state index is 11.3. The summed E-state index contributed by atoms with van der Waals surface area (Å²) in [4.78, 5) is 19.2. The molecule has 0 aliphatic carbocycles. The summed E-state index contributed by atoms with van der Waals surface area (Å²) in [6.07, 6.45) is 2.35. The van der Waals surface area contributed by atoms with E-state index in [-0.39, 0.29) is 5.82 Å². The Morgan fingerprint density at radius 3 is 2.75 bits per heavy atom. The number of rotatable bonds is 5. The molecular weight excluding hydrogens is 278 g/mol. The topological polar surface area (TPSA) is 64.1 Å². The van der Waals surface area contributed by atoms with Crippen molar-refractivity contribution in [2.24, 2.45) is 0 Å². The normalized spacial score (nSPS) is 10.1. The van der Waals surface area contributed by atoms with Crippen LogP contribution < -0.4 is 5.32 Å². The van der Waals surface area contributed by atoms with Crippen LogP contribution in [0.3, 0.4) is 0 Å². The molecule has 0 saturated heterocycles. The lowest BCUT2D eigenvalue weighted by Crippen LogP contribution is -2.11. The molecule has 0 unspecified atom stereocenters. The second-order valence-electron chi connectivity index (χ2n) is 4.06. The molecule has 2 aromatic rings. The van der Waals surface area contributed by atoms with Crippen LogP contribution in [0.4, 0.5) is 5.82 Å². The van der Waals surface area contributed by atoms with Gasteiger partial charge < -0.3 is 10.1 Å². The second-order valence-corrected chi connectivity index (χ2v) is 4.50. The third-order valence-electron chi connectivity index (χ3n) is 2.66. The van der Waals surface area contributed by atoms with Gasteiger partial charge in [-0.25, -0.2) is 14.8 Å². The van der Waals surface area contributed by atoms with Gasteiger partial charge in [0.05, 0.1) is 7.11 Å². The quantitative estimate of drug-likeness (QED) is 0.858. The van der Waals surface area contributed by atoms with Crippen LogP contribution in [-0.2, 0) is 11.2 Å². The number of methoxy groups -OCH3 is 1. The van der Waals surface area contributed by atoms with Crippen LogP contribution in [-0.4, -0.2) is 29.6 Å². The molecule has 0 bridgehead atoms. The number of anilines is 1. The Kier molecular flexibility index (Phi) is 4.90. The standard InChI is InChI=1S/C14H14ClN3O2/c1-20-14(19)13-17-9-7-12(18-13)16-8-6-10-2-4-11(15)5-3-10/h2-5,7,9H,6,8H2,1H3,(H,16,17,18). The van der Waals surface area contributed by atoms with E-state index >= 15 is 0 Å². The molecule has 6 heteroatoms. The van der Waals surface area contributed by atoms with E-state index in [1.807, 2.05) is 24.3 Å². The molecule has 0 saturated carbocycles. The monoisotopic (exact) mass is 291 g/mol. The van der Waals surface area contributed by atoms with Crippen molar-refractivity contribution in [3.63, 3.8) is 0 Å². The SMILES string of the molecule is COC(=O)c1nccc(NCCc2ccc(Cl)cc2)n1. The van der Waals surface area contributed by atoms with Crippen LogP contribution in [0.2, 0.25) is 5.02 Å². The molecule has 5 nitrogen and oxygen atoms in total. The minimum absolute atomic E-state index is 0.0454. The minimum atomic E-state index is -0.550. The average Bonchev–Trinajstić information content (AvgIpc) is 2.49. The van der Waals surface area contributed by atoms with Crippen molar-refractivity contribution in [3.8, 4) is 0 Å². The summed E-state index contributed by atoms with van der Waals surface area (Å²) in [6, 6.07) is 9.37. The average molecular weight is 292 g/mol. The van der Waals surface area contributed by atoms with Gasteiger partial charge in [0, 0.05) is 17.8 Å². The van der Waals surface area contributed by atoms with Crippen LogP contribution in [0.1, 0.15) is 16.2 Å². The number of halogens is 1. The summed E-state index contributed by atoms with van der Waals surface area (Å²) in [5.74, 6) is 0.0877. The molecule has 0 aliphatic heterocycles. The van der Waals surface area contributed by atoms with Crippen LogP contribution in [0.5, 0.6) is 0 Å². The van der Waals surface area contributed by atoms with Crippen molar-refractivity contribution in [2.75, 3.05) is 19.0 Å². The molecule has 1 N–H and O–H groups in total. The highest BCUT2D eigenvalue weighted by Gasteiger charge is 2.09. The van der Waals surface area contributed by atoms with Gasteiger partial charge >= 0.3 is 5.97 Å². The Bertz CT molecular complexity index is 587. The summed E-state index contributed by atoms with van der Waals surface area (Å²) in [5, 5.41) is 3.86. The molecule has 0 aliphatic rings. The first-order valence-electron chi connectivity index (χ1n) is 6.08. The van der Waals surface area contributed by atoms with E-state index in [0.29, 0.717) is 12.4 Å². The summed E-state index contributed by atoms with van der Waals surface area (Å²) < 4.78 is 4.57. The highest BCUT2D eigenvalue weighted by atomic mass is 35.5. The van der Waals surface area contributed by atoms with Gasteiger partial charge in [0.2, 0.25) is 5.82 Å². The van der Waals surface area contributed by atoms with Crippen molar-refractivity contribution in [1.29, 1.82) is 0 Å². The number of hydrogen-bond donors (Lipinski definition) is 1. The molecule has 0 amide bonds. The Hall–Kier alpha value is -2.14.